The molecule has 1 saturated heterocycles. The Kier molecular flexibility index (Phi) is 19.9. The normalized spacial score (nSPS) is 23.5. The Morgan fingerprint density at radius 2 is 1.31 bits per heavy atom. The van der Waals surface area contributed by atoms with Crippen LogP contribution in [0.25, 0.3) is 0 Å². The fraction of sp³-hybridized carbons (Fsp3) is 0.914. The van der Waals surface area contributed by atoms with E-state index in [-0.39, 0.29) is 36.8 Å². The number of aliphatic hydroxyl groups is 4. The summed E-state index contributed by atoms with van der Waals surface area (Å²) < 4.78 is 11.2. The minimum atomic E-state index is -0.881. The Morgan fingerprint density at radius 3 is 1.93 bits per heavy atom. The standard InChI is InChI=1S/C35H64O7/c1-3-4-5-6-7-8-9-10-11-12-13-16-20-33(39)34-24-22-30(42-34)18-15-14-17-19-31(37)32(38)23-21-29(36)26-28-25-27(2)41-35(28)40/h25,27,29-34,36-39H,3-24,26H2,1-2H3/t27-,29+,30+,31+,32+,33+,34-/m0/s1. The molecule has 2 rings (SSSR count). The molecule has 0 saturated carbocycles. The first-order valence-electron chi connectivity index (χ1n) is 17.6. The van der Waals surface area contributed by atoms with Gasteiger partial charge in [-0.3, -0.25) is 0 Å². The first-order chi connectivity index (χ1) is 20.3. The van der Waals surface area contributed by atoms with E-state index < -0.39 is 18.3 Å². The summed E-state index contributed by atoms with van der Waals surface area (Å²) in [5, 5.41) is 41.4. The van der Waals surface area contributed by atoms with E-state index in [0.29, 0.717) is 24.8 Å². The second-order valence-corrected chi connectivity index (χ2v) is 13.1. The van der Waals surface area contributed by atoms with Crippen molar-refractivity contribution in [1.29, 1.82) is 0 Å². The van der Waals surface area contributed by atoms with Crippen LogP contribution in [0.15, 0.2) is 11.6 Å². The van der Waals surface area contributed by atoms with E-state index in [0.717, 1.165) is 51.4 Å². The topological polar surface area (TPSA) is 116 Å². The van der Waals surface area contributed by atoms with Crippen molar-refractivity contribution in [3.05, 3.63) is 11.6 Å². The van der Waals surface area contributed by atoms with Crippen molar-refractivity contribution >= 4 is 5.97 Å². The molecule has 7 heteroatoms. The van der Waals surface area contributed by atoms with Gasteiger partial charge in [-0.05, 0) is 57.9 Å². The SMILES string of the molecule is CCCCCCCCCCCCCC[C@@H](O)[C@@H]1CC[C@@H](CCCCC[C@@H](O)[C@H](O)CC[C@@H](O)CC2=C[C@H](C)OC2=O)O1. The van der Waals surface area contributed by atoms with Crippen molar-refractivity contribution in [2.24, 2.45) is 0 Å². The van der Waals surface area contributed by atoms with Gasteiger partial charge in [-0.1, -0.05) is 103 Å². The van der Waals surface area contributed by atoms with Crippen LogP contribution in [0.5, 0.6) is 0 Å². The van der Waals surface area contributed by atoms with Gasteiger partial charge in [0.25, 0.3) is 0 Å². The quantitative estimate of drug-likeness (QED) is 0.0624. The fourth-order valence-electron chi connectivity index (χ4n) is 6.40. The van der Waals surface area contributed by atoms with E-state index in [1.54, 1.807) is 13.0 Å². The van der Waals surface area contributed by atoms with Gasteiger partial charge in [-0.15, -0.1) is 0 Å². The molecule has 2 aliphatic heterocycles. The third kappa shape index (κ3) is 16.2. The first kappa shape index (κ1) is 37.2. The number of ether oxygens (including phenoxy) is 2. The highest BCUT2D eigenvalue weighted by atomic mass is 16.5. The van der Waals surface area contributed by atoms with Crippen LogP contribution in [0, 0.1) is 0 Å². The Morgan fingerprint density at radius 1 is 0.738 bits per heavy atom. The summed E-state index contributed by atoms with van der Waals surface area (Å²) in [6, 6.07) is 0. The van der Waals surface area contributed by atoms with E-state index in [2.05, 4.69) is 6.92 Å². The molecular formula is C35H64O7. The van der Waals surface area contributed by atoms with Crippen molar-refractivity contribution in [1.82, 2.24) is 0 Å². The second-order valence-electron chi connectivity index (χ2n) is 13.1. The minimum absolute atomic E-state index is 0.0194. The molecule has 0 aromatic heterocycles. The molecule has 0 amide bonds. The number of hydrogen-bond donors (Lipinski definition) is 4. The van der Waals surface area contributed by atoms with Crippen LogP contribution in [0.3, 0.4) is 0 Å². The molecule has 4 N–H and O–H groups in total. The summed E-state index contributed by atoms with van der Waals surface area (Å²) in [6.45, 7) is 4.05. The molecule has 0 aliphatic carbocycles. The van der Waals surface area contributed by atoms with Gasteiger partial charge in [-0.25, -0.2) is 4.79 Å². The zero-order chi connectivity index (χ0) is 30.6. The number of cyclic esters (lactones) is 1. The van der Waals surface area contributed by atoms with Gasteiger partial charge in [0.15, 0.2) is 0 Å². The molecule has 1 fully saturated rings. The maximum Gasteiger partial charge on any atom is 0.334 e. The van der Waals surface area contributed by atoms with E-state index in [1.165, 1.54) is 70.6 Å². The van der Waals surface area contributed by atoms with Crippen molar-refractivity contribution in [3.8, 4) is 0 Å². The number of rotatable bonds is 26. The lowest BCUT2D eigenvalue weighted by Crippen LogP contribution is -2.27. The summed E-state index contributed by atoms with van der Waals surface area (Å²) in [5.74, 6) is -0.383. The van der Waals surface area contributed by atoms with Gasteiger partial charge in [-0.2, -0.15) is 0 Å². The number of esters is 1. The Hall–Kier alpha value is -0.990. The lowest BCUT2D eigenvalue weighted by atomic mass is 9.97. The maximum absolute atomic E-state index is 11.7. The van der Waals surface area contributed by atoms with Crippen LogP contribution in [0.4, 0.5) is 0 Å². The average molecular weight is 597 g/mol. The minimum Gasteiger partial charge on any atom is -0.455 e. The highest BCUT2D eigenvalue weighted by Crippen LogP contribution is 2.28. The van der Waals surface area contributed by atoms with Gasteiger partial charge in [0.1, 0.15) is 6.10 Å². The van der Waals surface area contributed by atoms with Crippen LogP contribution < -0.4 is 0 Å². The molecule has 0 aromatic rings. The maximum atomic E-state index is 11.7. The smallest absolute Gasteiger partial charge is 0.334 e. The molecule has 2 heterocycles. The zero-order valence-electron chi connectivity index (χ0n) is 26.9. The van der Waals surface area contributed by atoms with Gasteiger partial charge >= 0.3 is 5.97 Å². The molecule has 0 spiro atoms. The predicted octanol–water partition coefficient (Wildman–Crippen LogP) is 7.06. The van der Waals surface area contributed by atoms with E-state index in [1.807, 2.05) is 0 Å². The van der Waals surface area contributed by atoms with Crippen molar-refractivity contribution in [3.63, 3.8) is 0 Å². The van der Waals surface area contributed by atoms with Gasteiger partial charge in [0, 0.05) is 12.0 Å². The number of hydrogen-bond acceptors (Lipinski definition) is 7. The third-order valence-corrected chi connectivity index (χ3v) is 9.14. The van der Waals surface area contributed by atoms with Crippen LogP contribution in [0.2, 0.25) is 0 Å². The molecule has 0 aromatic carbocycles. The summed E-state index contributed by atoms with van der Waals surface area (Å²) in [7, 11) is 0. The number of aliphatic hydroxyl groups excluding tert-OH is 4. The molecule has 2 aliphatic rings. The summed E-state index contributed by atoms with van der Waals surface area (Å²) in [4.78, 5) is 11.7. The van der Waals surface area contributed by atoms with Crippen LogP contribution in [-0.2, 0) is 14.3 Å². The summed E-state index contributed by atoms with van der Waals surface area (Å²) in [5.41, 5.74) is 0.483. The van der Waals surface area contributed by atoms with Crippen molar-refractivity contribution < 1.29 is 34.7 Å². The van der Waals surface area contributed by atoms with Gasteiger partial charge < -0.3 is 29.9 Å². The van der Waals surface area contributed by atoms with Gasteiger partial charge in [0.05, 0.1) is 36.6 Å². The molecule has 246 valence electrons. The summed E-state index contributed by atoms with van der Waals surface area (Å²) in [6.07, 6.45) is 22.7. The van der Waals surface area contributed by atoms with Crippen LogP contribution in [0.1, 0.15) is 162 Å². The van der Waals surface area contributed by atoms with Gasteiger partial charge in [0.2, 0.25) is 0 Å². The molecule has 7 atom stereocenters. The monoisotopic (exact) mass is 596 g/mol. The molecule has 42 heavy (non-hydrogen) atoms. The van der Waals surface area contributed by atoms with E-state index in [9.17, 15) is 25.2 Å². The average Bonchev–Trinajstić information content (AvgIpc) is 3.57. The lowest BCUT2D eigenvalue weighted by Gasteiger charge is -2.20. The Labute approximate surface area is 256 Å². The third-order valence-electron chi connectivity index (χ3n) is 9.14. The van der Waals surface area contributed by atoms with Crippen molar-refractivity contribution in [2.45, 2.75) is 204 Å². The molecule has 0 radical (unpaired) electrons. The second kappa shape index (κ2) is 22.5. The number of carbonyl (C=O) groups excluding carboxylic acids is 1. The number of carbonyl (C=O) groups is 1. The Balaban J connectivity index is 1.41. The van der Waals surface area contributed by atoms with E-state index in [4.69, 9.17) is 9.47 Å². The fourth-order valence-corrected chi connectivity index (χ4v) is 6.40. The van der Waals surface area contributed by atoms with E-state index >= 15 is 0 Å². The van der Waals surface area contributed by atoms with Crippen LogP contribution >= 0.6 is 0 Å². The first-order valence-corrected chi connectivity index (χ1v) is 17.6. The molecule has 0 unspecified atom stereocenters. The molecule has 7 nitrogen and oxygen atoms in total. The number of unbranched alkanes of at least 4 members (excludes halogenated alkanes) is 13. The van der Waals surface area contributed by atoms with Crippen LogP contribution in [-0.4, -0.2) is 69.1 Å². The lowest BCUT2D eigenvalue weighted by molar-refractivity contribution is -0.139. The molecule has 0 bridgehead atoms. The predicted molar refractivity (Wildman–Crippen MR) is 168 cm³/mol. The highest BCUT2D eigenvalue weighted by Gasteiger charge is 2.30. The largest absolute Gasteiger partial charge is 0.455 e. The van der Waals surface area contributed by atoms with Crippen molar-refractivity contribution in [2.75, 3.05) is 0 Å². The molecular weight excluding hydrogens is 532 g/mol. The highest BCUT2D eigenvalue weighted by molar-refractivity contribution is 5.90. The summed E-state index contributed by atoms with van der Waals surface area (Å²) >= 11 is 0. The Bertz CT molecular complexity index is 726. The zero-order valence-corrected chi connectivity index (χ0v) is 26.9.